The Bertz CT molecular complexity index is 833. The number of nitrogens with one attached hydrogen (secondary N) is 1. The van der Waals surface area contributed by atoms with Crippen LogP contribution in [0, 0.1) is 19.8 Å². The lowest BCUT2D eigenvalue weighted by Gasteiger charge is -2.30. The molecule has 0 spiro atoms. The Balaban J connectivity index is 0.00000338. The van der Waals surface area contributed by atoms with E-state index in [0.717, 1.165) is 31.9 Å². The second-order valence-corrected chi connectivity index (χ2v) is 10.7. The summed E-state index contributed by atoms with van der Waals surface area (Å²) in [4.78, 5) is 0.0667. The van der Waals surface area contributed by atoms with Crippen LogP contribution in [0.15, 0.2) is 21.9 Å². The van der Waals surface area contributed by atoms with E-state index in [9.17, 15) is 16.8 Å². The van der Waals surface area contributed by atoms with Crippen molar-refractivity contribution in [3.8, 4) is 0 Å². The number of sulfone groups is 1. The standard InChI is InChI=1S/C17H28N2O4S2.ClH/c1-12-9-16(24(3,20)21)13(2)17(10-12)25(22,23)19-15(11-18)14-7-5-4-6-8-14;/h9-10,14-15,19H,4-8,11,18H2,1-3H3;1H. The molecule has 9 heteroatoms. The number of hydrogen-bond acceptors (Lipinski definition) is 5. The zero-order chi connectivity index (χ0) is 18.8. The van der Waals surface area contributed by atoms with Crippen LogP contribution in [0.3, 0.4) is 0 Å². The van der Waals surface area contributed by atoms with E-state index in [-0.39, 0.29) is 46.3 Å². The molecule has 1 unspecified atom stereocenters. The van der Waals surface area contributed by atoms with E-state index < -0.39 is 19.9 Å². The second kappa shape index (κ2) is 9.01. The Morgan fingerprint density at radius 2 is 1.62 bits per heavy atom. The molecule has 1 saturated carbocycles. The van der Waals surface area contributed by atoms with Gasteiger partial charge in [-0.3, -0.25) is 0 Å². The van der Waals surface area contributed by atoms with Gasteiger partial charge in [-0.05, 0) is 55.9 Å². The van der Waals surface area contributed by atoms with Crippen molar-refractivity contribution in [3.63, 3.8) is 0 Å². The summed E-state index contributed by atoms with van der Waals surface area (Å²) < 4.78 is 52.5. The van der Waals surface area contributed by atoms with Gasteiger partial charge in [0.25, 0.3) is 0 Å². The van der Waals surface area contributed by atoms with E-state index in [4.69, 9.17) is 5.73 Å². The summed E-state index contributed by atoms with van der Waals surface area (Å²) in [5.74, 6) is 0.230. The van der Waals surface area contributed by atoms with Gasteiger partial charge in [0.05, 0.1) is 9.79 Å². The molecule has 26 heavy (non-hydrogen) atoms. The van der Waals surface area contributed by atoms with E-state index in [1.54, 1.807) is 6.92 Å². The molecule has 1 atom stereocenters. The number of sulfonamides is 1. The highest BCUT2D eigenvalue weighted by Crippen LogP contribution is 2.29. The van der Waals surface area contributed by atoms with Gasteiger partial charge in [-0.2, -0.15) is 0 Å². The van der Waals surface area contributed by atoms with Crippen molar-refractivity contribution in [2.24, 2.45) is 11.7 Å². The maximum absolute atomic E-state index is 12.9. The van der Waals surface area contributed by atoms with Gasteiger partial charge in [-0.25, -0.2) is 21.6 Å². The van der Waals surface area contributed by atoms with Gasteiger partial charge in [0, 0.05) is 18.8 Å². The molecular weight excluding hydrogens is 396 g/mol. The number of halogens is 1. The van der Waals surface area contributed by atoms with E-state index >= 15 is 0 Å². The molecule has 0 amide bonds. The minimum atomic E-state index is -3.85. The van der Waals surface area contributed by atoms with Crippen LogP contribution in [0.25, 0.3) is 0 Å². The average molecular weight is 425 g/mol. The Hall–Kier alpha value is -0.670. The van der Waals surface area contributed by atoms with Gasteiger partial charge in [0.2, 0.25) is 10.0 Å². The monoisotopic (exact) mass is 424 g/mol. The average Bonchev–Trinajstić information content (AvgIpc) is 2.54. The van der Waals surface area contributed by atoms with Crippen molar-refractivity contribution in [1.82, 2.24) is 4.72 Å². The van der Waals surface area contributed by atoms with Crippen LogP contribution >= 0.6 is 12.4 Å². The zero-order valence-electron chi connectivity index (χ0n) is 15.5. The molecule has 1 aromatic carbocycles. The Labute approximate surface area is 163 Å². The fraction of sp³-hybridized carbons (Fsp3) is 0.647. The fourth-order valence-corrected chi connectivity index (χ4v) is 6.39. The molecular formula is C17H29ClN2O4S2. The summed E-state index contributed by atoms with van der Waals surface area (Å²) in [7, 11) is -7.36. The van der Waals surface area contributed by atoms with Crippen LogP contribution in [-0.2, 0) is 19.9 Å². The second-order valence-electron chi connectivity index (χ2n) is 7.02. The zero-order valence-corrected chi connectivity index (χ0v) is 17.9. The lowest BCUT2D eigenvalue weighted by atomic mass is 9.84. The minimum absolute atomic E-state index is 0. The van der Waals surface area contributed by atoms with E-state index in [2.05, 4.69) is 4.72 Å². The van der Waals surface area contributed by atoms with Crippen molar-refractivity contribution < 1.29 is 16.8 Å². The predicted molar refractivity (Wildman–Crippen MR) is 106 cm³/mol. The van der Waals surface area contributed by atoms with Crippen LogP contribution in [0.1, 0.15) is 43.2 Å². The third-order valence-corrected chi connectivity index (χ3v) is 7.76. The minimum Gasteiger partial charge on any atom is -0.329 e. The number of rotatable bonds is 6. The molecule has 0 saturated heterocycles. The summed E-state index contributed by atoms with van der Waals surface area (Å²) >= 11 is 0. The predicted octanol–water partition coefficient (Wildman–Crippen LogP) is 2.31. The van der Waals surface area contributed by atoms with Crippen LogP contribution in [0.5, 0.6) is 0 Å². The molecule has 6 nitrogen and oxygen atoms in total. The van der Waals surface area contributed by atoms with E-state index in [1.807, 2.05) is 0 Å². The first-order chi connectivity index (χ1) is 11.6. The third-order valence-electron chi connectivity index (χ3n) is 4.93. The fourth-order valence-electron chi connectivity index (χ4n) is 3.59. The smallest absolute Gasteiger partial charge is 0.241 e. The first kappa shape index (κ1) is 23.4. The number of benzene rings is 1. The lowest BCUT2D eigenvalue weighted by molar-refractivity contribution is 0.294. The van der Waals surface area contributed by atoms with Crippen molar-refractivity contribution in [3.05, 3.63) is 23.3 Å². The summed E-state index contributed by atoms with van der Waals surface area (Å²) in [6.45, 7) is 3.45. The highest BCUT2D eigenvalue weighted by atomic mass is 35.5. The summed E-state index contributed by atoms with van der Waals surface area (Å²) in [6, 6.07) is 2.69. The maximum atomic E-state index is 12.9. The Morgan fingerprint density at radius 1 is 1.08 bits per heavy atom. The molecule has 150 valence electrons. The first-order valence-corrected chi connectivity index (χ1v) is 12.0. The molecule has 0 aromatic heterocycles. The van der Waals surface area contributed by atoms with E-state index in [1.165, 1.54) is 25.5 Å². The number of aryl methyl sites for hydroxylation is 1. The normalized spacial score (nSPS) is 17.5. The number of hydrogen-bond donors (Lipinski definition) is 2. The molecule has 1 fully saturated rings. The molecule has 2 rings (SSSR count). The summed E-state index contributed by atoms with van der Waals surface area (Å²) in [5.41, 5.74) is 6.67. The molecule has 1 aromatic rings. The van der Waals surface area contributed by atoms with Crippen LogP contribution in [0.2, 0.25) is 0 Å². The van der Waals surface area contributed by atoms with Crippen molar-refractivity contribution in [2.75, 3.05) is 12.8 Å². The Kier molecular flexibility index (Phi) is 8.10. The van der Waals surface area contributed by atoms with Gasteiger partial charge in [-0.1, -0.05) is 19.3 Å². The molecule has 0 bridgehead atoms. The summed E-state index contributed by atoms with van der Waals surface area (Å²) in [5, 5.41) is 0. The Morgan fingerprint density at radius 3 is 2.12 bits per heavy atom. The van der Waals surface area contributed by atoms with Crippen LogP contribution in [-0.4, -0.2) is 35.7 Å². The van der Waals surface area contributed by atoms with E-state index in [0.29, 0.717) is 5.56 Å². The highest BCUT2D eigenvalue weighted by Gasteiger charge is 2.29. The molecule has 0 heterocycles. The molecule has 1 aliphatic rings. The van der Waals surface area contributed by atoms with Gasteiger partial charge < -0.3 is 5.73 Å². The summed E-state index contributed by atoms with van der Waals surface area (Å²) in [6.07, 6.45) is 6.37. The highest BCUT2D eigenvalue weighted by molar-refractivity contribution is 7.91. The van der Waals surface area contributed by atoms with Gasteiger partial charge >= 0.3 is 0 Å². The van der Waals surface area contributed by atoms with Gasteiger partial charge in [-0.15, -0.1) is 12.4 Å². The molecule has 1 aliphatic carbocycles. The topological polar surface area (TPSA) is 106 Å². The number of nitrogens with two attached hydrogens (primary N) is 1. The maximum Gasteiger partial charge on any atom is 0.241 e. The van der Waals surface area contributed by atoms with Crippen molar-refractivity contribution >= 4 is 32.3 Å². The quantitative estimate of drug-likeness (QED) is 0.728. The van der Waals surface area contributed by atoms with Gasteiger partial charge in [0.15, 0.2) is 9.84 Å². The van der Waals surface area contributed by atoms with Gasteiger partial charge in [0.1, 0.15) is 0 Å². The SMILES string of the molecule is Cc1cc(S(C)(=O)=O)c(C)c(S(=O)(=O)NC(CN)C2CCCCC2)c1.Cl. The third kappa shape index (κ3) is 5.42. The first-order valence-electron chi connectivity index (χ1n) is 8.60. The van der Waals surface area contributed by atoms with Crippen molar-refractivity contribution in [2.45, 2.75) is 61.8 Å². The van der Waals surface area contributed by atoms with Crippen molar-refractivity contribution in [1.29, 1.82) is 0 Å². The molecule has 3 N–H and O–H groups in total. The molecule has 0 radical (unpaired) electrons. The van der Waals surface area contributed by atoms with Crippen LogP contribution in [0.4, 0.5) is 0 Å². The molecule has 0 aliphatic heterocycles. The largest absolute Gasteiger partial charge is 0.329 e. The van der Waals surface area contributed by atoms with Crippen LogP contribution < -0.4 is 10.5 Å². The lowest BCUT2D eigenvalue weighted by Crippen LogP contribution is -2.46.